The molecule has 0 saturated heterocycles. The van der Waals surface area contributed by atoms with Crippen molar-refractivity contribution in [3.8, 4) is 11.3 Å². The Balaban J connectivity index is 2.28. The van der Waals surface area contributed by atoms with Gasteiger partial charge in [-0.2, -0.15) is 0 Å². The first-order valence-corrected chi connectivity index (χ1v) is 6.75. The van der Waals surface area contributed by atoms with E-state index in [4.69, 9.17) is 16.0 Å². The van der Waals surface area contributed by atoms with Crippen LogP contribution in [0.2, 0.25) is 5.15 Å². The van der Waals surface area contributed by atoms with E-state index >= 15 is 0 Å². The quantitative estimate of drug-likeness (QED) is 0.845. The first-order valence-electron chi connectivity index (χ1n) is 6.37. The lowest BCUT2D eigenvalue weighted by Gasteiger charge is -2.11. The number of halogens is 1. The van der Waals surface area contributed by atoms with Gasteiger partial charge in [-0.05, 0) is 37.5 Å². The maximum Gasteiger partial charge on any atom is 0.136 e. The van der Waals surface area contributed by atoms with Gasteiger partial charge in [0.1, 0.15) is 16.7 Å². The third kappa shape index (κ3) is 3.37. The SMILES string of the molecule is Cc1oc(-c2ccc(Cl)nc2)cc1C(O)CC(C)C. The molecule has 4 heteroatoms. The summed E-state index contributed by atoms with van der Waals surface area (Å²) in [7, 11) is 0. The highest BCUT2D eigenvalue weighted by Crippen LogP contribution is 2.31. The summed E-state index contributed by atoms with van der Waals surface area (Å²) >= 11 is 5.76. The first-order chi connectivity index (χ1) is 8.97. The average molecular weight is 280 g/mol. The molecule has 2 heterocycles. The molecule has 1 atom stereocenters. The Hall–Kier alpha value is -1.32. The van der Waals surface area contributed by atoms with Gasteiger partial charge in [-0.25, -0.2) is 4.98 Å². The maximum absolute atomic E-state index is 10.2. The summed E-state index contributed by atoms with van der Waals surface area (Å²) in [5.74, 6) is 1.89. The predicted octanol–water partition coefficient (Wildman–Crippen LogP) is 4.38. The Morgan fingerprint density at radius 2 is 2.11 bits per heavy atom. The van der Waals surface area contributed by atoms with E-state index in [0.717, 1.165) is 23.3 Å². The van der Waals surface area contributed by atoms with Crippen LogP contribution >= 0.6 is 11.6 Å². The van der Waals surface area contributed by atoms with Crippen LogP contribution in [0.3, 0.4) is 0 Å². The van der Waals surface area contributed by atoms with Crippen molar-refractivity contribution in [2.45, 2.75) is 33.3 Å². The summed E-state index contributed by atoms with van der Waals surface area (Å²) in [5, 5.41) is 10.6. The lowest BCUT2D eigenvalue weighted by atomic mass is 9.99. The summed E-state index contributed by atoms with van der Waals surface area (Å²) in [6, 6.07) is 5.46. The molecule has 0 fully saturated rings. The van der Waals surface area contributed by atoms with Crippen LogP contribution < -0.4 is 0 Å². The number of hydrogen-bond donors (Lipinski definition) is 1. The van der Waals surface area contributed by atoms with Crippen LogP contribution in [0.4, 0.5) is 0 Å². The van der Waals surface area contributed by atoms with Gasteiger partial charge in [0.25, 0.3) is 0 Å². The van der Waals surface area contributed by atoms with E-state index in [1.165, 1.54) is 0 Å². The summed E-state index contributed by atoms with van der Waals surface area (Å²) in [6.07, 6.45) is 1.90. The van der Waals surface area contributed by atoms with E-state index in [-0.39, 0.29) is 0 Å². The van der Waals surface area contributed by atoms with E-state index < -0.39 is 6.10 Å². The predicted molar refractivity (Wildman–Crippen MR) is 76.1 cm³/mol. The Kier molecular flexibility index (Phi) is 4.27. The third-order valence-corrected chi connectivity index (χ3v) is 3.25. The Labute approximate surface area is 118 Å². The molecule has 2 rings (SSSR count). The number of nitrogens with zero attached hydrogens (tertiary/aromatic N) is 1. The molecule has 2 aromatic heterocycles. The molecule has 0 amide bonds. The van der Waals surface area contributed by atoms with Crippen LogP contribution in [-0.2, 0) is 0 Å². The minimum absolute atomic E-state index is 0.435. The van der Waals surface area contributed by atoms with Gasteiger partial charge in [0.2, 0.25) is 0 Å². The number of pyridine rings is 1. The average Bonchev–Trinajstić information content (AvgIpc) is 2.71. The van der Waals surface area contributed by atoms with Crippen molar-refractivity contribution in [3.05, 3.63) is 40.9 Å². The van der Waals surface area contributed by atoms with Crippen molar-refractivity contribution in [2.24, 2.45) is 5.92 Å². The van der Waals surface area contributed by atoms with Gasteiger partial charge in [-0.3, -0.25) is 0 Å². The van der Waals surface area contributed by atoms with Gasteiger partial charge in [0.05, 0.1) is 6.10 Å². The fraction of sp³-hybridized carbons (Fsp3) is 0.400. The first kappa shape index (κ1) is 14.1. The summed E-state index contributed by atoms with van der Waals surface area (Å²) in [4.78, 5) is 4.03. The number of aryl methyl sites for hydroxylation is 1. The Bertz CT molecular complexity index is 546. The van der Waals surface area contributed by atoms with Crippen LogP contribution in [0.25, 0.3) is 11.3 Å². The number of hydrogen-bond acceptors (Lipinski definition) is 3. The molecule has 2 aromatic rings. The minimum atomic E-state index is -0.488. The summed E-state index contributed by atoms with van der Waals surface area (Å²) < 4.78 is 5.70. The molecule has 3 nitrogen and oxygen atoms in total. The van der Waals surface area contributed by atoms with Crippen molar-refractivity contribution < 1.29 is 9.52 Å². The Morgan fingerprint density at radius 3 is 2.68 bits per heavy atom. The second-order valence-corrected chi connectivity index (χ2v) is 5.52. The van der Waals surface area contributed by atoms with Gasteiger partial charge in [-0.1, -0.05) is 25.4 Å². The fourth-order valence-corrected chi connectivity index (χ4v) is 2.18. The molecule has 102 valence electrons. The molecule has 1 N–H and O–H groups in total. The van der Waals surface area contributed by atoms with E-state index in [0.29, 0.717) is 16.8 Å². The second-order valence-electron chi connectivity index (χ2n) is 5.14. The fourth-order valence-electron chi connectivity index (χ4n) is 2.06. The normalized spacial score (nSPS) is 12.9. The van der Waals surface area contributed by atoms with Crippen molar-refractivity contribution in [1.29, 1.82) is 0 Å². The number of aliphatic hydroxyl groups is 1. The standard InChI is InChI=1S/C15H18ClNO2/c1-9(2)6-13(18)12-7-14(19-10(12)3)11-4-5-15(16)17-8-11/h4-5,7-9,13,18H,6H2,1-3H3. The molecule has 19 heavy (non-hydrogen) atoms. The maximum atomic E-state index is 10.2. The minimum Gasteiger partial charge on any atom is -0.461 e. The number of furan rings is 1. The van der Waals surface area contributed by atoms with Crippen molar-refractivity contribution in [2.75, 3.05) is 0 Å². The van der Waals surface area contributed by atoms with Crippen LogP contribution in [0.15, 0.2) is 28.8 Å². The molecule has 0 bridgehead atoms. The molecule has 0 aliphatic carbocycles. The molecule has 0 aliphatic rings. The van der Waals surface area contributed by atoms with Crippen LogP contribution in [-0.4, -0.2) is 10.1 Å². The molecule has 0 saturated carbocycles. The molecule has 0 radical (unpaired) electrons. The van der Waals surface area contributed by atoms with E-state index in [1.807, 2.05) is 19.1 Å². The van der Waals surface area contributed by atoms with Gasteiger partial charge >= 0.3 is 0 Å². The molecular weight excluding hydrogens is 262 g/mol. The summed E-state index contributed by atoms with van der Waals surface area (Å²) in [5.41, 5.74) is 1.70. The highest BCUT2D eigenvalue weighted by molar-refractivity contribution is 6.29. The number of aliphatic hydroxyl groups excluding tert-OH is 1. The molecule has 0 aliphatic heterocycles. The summed E-state index contributed by atoms with van der Waals surface area (Å²) in [6.45, 7) is 6.04. The zero-order valence-electron chi connectivity index (χ0n) is 11.4. The number of aromatic nitrogens is 1. The van der Waals surface area contributed by atoms with Crippen LogP contribution in [0.1, 0.15) is 37.7 Å². The third-order valence-electron chi connectivity index (χ3n) is 3.02. The number of rotatable bonds is 4. The van der Waals surface area contributed by atoms with E-state index in [2.05, 4.69) is 18.8 Å². The van der Waals surface area contributed by atoms with Crippen LogP contribution in [0.5, 0.6) is 0 Å². The monoisotopic (exact) mass is 279 g/mol. The lowest BCUT2D eigenvalue weighted by Crippen LogP contribution is -2.01. The highest BCUT2D eigenvalue weighted by Gasteiger charge is 2.17. The second kappa shape index (κ2) is 5.76. The molecule has 0 aromatic carbocycles. The van der Waals surface area contributed by atoms with Crippen LogP contribution in [0, 0.1) is 12.8 Å². The van der Waals surface area contributed by atoms with Gasteiger partial charge in [0.15, 0.2) is 0 Å². The zero-order valence-corrected chi connectivity index (χ0v) is 12.1. The van der Waals surface area contributed by atoms with Crippen molar-refractivity contribution in [3.63, 3.8) is 0 Å². The van der Waals surface area contributed by atoms with E-state index in [9.17, 15) is 5.11 Å². The van der Waals surface area contributed by atoms with Gasteiger partial charge in [0, 0.05) is 17.3 Å². The Morgan fingerprint density at radius 1 is 1.37 bits per heavy atom. The van der Waals surface area contributed by atoms with E-state index in [1.54, 1.807) is 12.3 Å². The highest BCUT2D eigenvalue weighted by atomic mass is 35.5. The largest absolute Gasteiger partial charge is 0.461 e. The zero-order chi connectivity index (χ0) is 14.0. The van der Waals surface area contributed by atoms with Crippen molar-refractivity contribution in [1.82, 2.24) is 4.98 Å². The van der Waals surface area contributed by atoms with Gasteiger partial charge in [-0.15, -0.1) is 0 Å². The van der Waals surface area contributed by atoms with Gasteiger partial charge < -0.3 is 9.52 Å². The van der Waals surface area contributed by atoms with Crippen molar-refractivity contribution >= 4 is 11.6 Å². The smallest absolute Gasteiger partial charge is 0.136 e. The molecular formula is C15H18ClNO2. The topological polar surface area (TPSA) is 46.3 Å². The molecule has 0 spiro atoms. The lowest BCUT2D eigenvalue weighted by molar-refractivity contribution is 0.149. The molecule has 1 unspecified atom stereocenters.